The van der Waals surface area contributed by atoms with Crippen LogP contribution >= 0.6 is 24.0 Å². The largest absolute Gasteiger partial charge is 0.364 e. The number of halogens is 2. The molecule has 104 valence electrons. The summed E-state index contributed by atoms with van der Waals surface area (Å²) in [7, 11) is 0. The molecule has 0 saturated heterocycles. The lowest BCUT2D eigenvalue weighted by Gasteiger charge is -2.21. The molecule has 7 heteroatoms. The monoisotopic (exact) mass is 302 g/mol. The van der Waals surface area contributed by atoms with Crippen LogP contribution in [0.3, 0.4) is 0 Å². The van der Waals surface area contributed by atoms with Gasteiger partial charge in [-0.25, -0.2) is 0 Å². The summed E-state index contributed by atoms with van der Waals surface area (Å²) in [6, 6.07) is 7.68. The number of hydrogen-bond donors (Lipinski definition) is 1. The summed E-state index contributed by atoms with van der Waals surface area (Å²) in [5.74, 6) is 1.07. The molecule has 1 heterocycles. The van der Waals surface area contributed by atoms with Gasteiger partial charge in [0, 0.05) is 17.3 Å². The van der Waals surface area contributed by atoms with Crippen molar-refractivity contribution in [1.82, 2.24) is 10.1 Å². The summed E-state index contributed by atoms with van der Waals surface area (Å²) in [4.78, 5) is 6.30. The fourth-order valence-corrected chi connectivity index (χ4v) is 1.85. The van der Waals surface area contributed by atoms with Crippen LogP contribution in [0.2, 0.25) is 5.02 Å². The summed E-state index contributed by atoms with van der Waals surface area (Å²) in [6.07, 6.45) is 0. The van der Waals surface area contributed by atoms with E-state index in [1.54, 1.807) is 0 Å². The smallest absolute Gasteiger partial charge is 0.240 e. The SMILES string of the molecule is CCN(Cc1noc(CN)n1)c1cccc(Cl)c1.Cl. The summed E-state index contributed by atoms with van der Waals surface area (Å²) >= 11 is 5.98. The second kappa shape index (κ2) is 7.33. The van der Waals surface area contributed by atoms with Crippen LogP contribution in [0.4, 0.5) is 5.69 Å². The molecule has 19 heavy (non-hydrogen) atoms. The Morgan fingerprint density at radius 1 is 1.42 bits per heavy atom. The first-order chi connectivity index (χ1) is 8.72. The highest BCUT2D eigenvalue weighted by Crippen LogP contribution is 2.20. The number of aromatic nitrogens is 2. The van der Waals surface area contributed by atoms with Crippen LogP contribution in [0.15, 0.2) is 28.8 Å². The summed E-state index contributed by atoms with van der Waals surface area (Å²) in [6.45, 7) is 3.72. The van der Waals surface area contributed by atoms with Gasteiger partial charge >= 0.3 is 0 Å². The van der Waals surface area contributed by atoms with Gasteiger partial charge in [0.05, 0.1) is 13.1 Å². The molecule has 0 aliphatic heterocycles. The van der Waals surface area contributed by atoms with Gasteiger partial charge < -0.3 is 15.2 Å². The molecule has 0 saturated carbocycles. The molecule has 0 spiro atoms. The zero-order valence-corrected chi connectivity index (χ0v) is 12.1. The minimum atomic E-state index is 0. The van der Waals surface area contributed by atoms with Gasteiger partial charge in [-0.15, -0.1) is 12.4 Å². The van der Waals surface area contributed by atoms with Crippen LogP contribution in [0.1, 0.15) is 18.6 Å². The van der Waals surface area contributed by atoms with E-state index in [0.29, 0.717) is 23.3 Å². The summed E-state index contributed by atoms with van der Waals surface area (Å²) < 4.78 is 4.98. The van der Waals surface area contributed by atoms with Crippen molar-refractivity contribution < 1.29 is 4.52 Å². The third-order valence-electron chi connectivity index (χ3n) is 2.57. The van der Waals surface area contributed by atoms with Gasteiger partial charge in [0.15, 0.2) is 5.82 Å². The summed E-state index contributed by atoms with van der Waals surface area (Å²) in [5, 5.41) is 4.59. The quantitative estimate of drug-likeness (QED) is 0.919. The van der Waals surface area contributed by atoms with E-state index in [0.717, 1.165) is 12.2 Å². The van der Waals surface area contributed by atoms with Crippen molar-refractivity contribution in [2.45, 2.75) is 20.0 Å². The lowest BCUT2D eigenvalue weighted by molar-refractivity contribution is 0.374. The Labute approximate surface area is 123 Å². The first-order valence-corrected chi connectivity index (χ1v) is 6.12. The predicted molar refractivity (Wildman–Crippen MR) is 77.6 cm³/mol. The van der Waals surface area contributed by atoms with Crippen LogP contribution in [0, 0.1) is 0 Å². The molecule has 0 atom stereocenters. The van der Waals surface area contributed by atoms with E-state index in [2.05, 4.69) is 22.0 Å². The van der Waals surface area contributed by atoms with Gasteiger partial charge in [-0.05, 0) is 25.1 Å². The van der Waals surface area contributed by atoms with E-state index in [-0.39, 0.29) is 19.0 Å². The first kappa shape index (κ1) is 15.8. The Morgan fingerprint density at radius 3 is 2.79 bits per heavy atom. The average molecular weight is 303 g/mol. The van der Waals surface area contributed by atoms with Crippen LogP contribution in [0.5, 0.6) is 0 Å². The molecular formula is C12H16Cl2N4O. The highest BCUT2D eigenvalue weighted by Gasteiger charge is 2.10. The second-order valence-corrected chi connectivity index (χ2v) is 4.24. The Bertz CT molecular complexity index is 518. The molecule has 2 aromatic rings. The van der Waals surface area contributed by atoms with Gasteiger partial charge in [0.25, 0.3) is 0 Å². The van der Waals surface area contributed by atoms with Gasteiger partial charge in [-0.3, -0.25) is 0 Å². The van der Waals surface area contributed by atoms with E-state index >= 15 is 0 Å². The van der Waals surface area contributed by atoms with Crippen molar-refractivity contribution in [3.63, 3.8) is 0 Å². The molecule has 0 aliphatic rings. The molecule has 0 bridgehead atoms. The zero-order chi connectivity index (χ0) is 13.0. The fraction of sp³-hybridized carbons (Fsp3) is 0.333. The minimum Gasteiger partial charge on any atom is -0.364 e. The van der Waals surface area contributed by atoms with E-state index < -0.39 is 0 Å². The Morgan fingerprint density at radius 2 is 2.21 bits per heavy atom. The molecule has 1 aromatic heterocycles. The highest BCUT2D eigenvalue weighted by atomic mass is 35.5. The number of rotatable bonds is 5. The van der Waals surface area contributed by atoms with Crippen molar-refractivity contribution in [3.05, 3.63) is 41.0 Å². The number of benzene rings is 1. The molecular weight excluding hydrogens is 287 g/mol. The van der Waals surface area contributed by atoms with Gasteiger partial charge in [-0.1, -0.05) is 22.8 Å². The number of nitrogens with two attached hydrogens (primary N) is 1. The maximum Gasteiger partial charge on any atom is 0.240 e. The average Bonchev–Trinajstić information content (AvgIpc) is 2.83. The predicted octanol–water partition coefficient (Wildman–Crippen LogP) is 2.63. The van der Waals surface area contributed by atoms with E-state index in [4.69, 9.17) is 21.9 Å². The molecule has 0 unspecified atom stereocenters. The van der Waals surface area contributed by atoms with Gasteiger partial charge in [0.2, 0.25) is 5.89 Å². The first-order valence-electron chi connectivity index (χ1n) is 5.75. The molecule has 0 fully saturated rings. The third kappa shape index (κ3) is 4.09. The van der Waals surface area contributed by atoms with Crippen molar-refractivity contribution in [2.24, 2.45) is 5.73 Å². The number of nitrogens with zero attached hydrogens (tertiary/aromatic N) is 3. The third-order valence-corrected chi connectivity index (χ3v) is 2.81. The lowest BCUT2D eigenvalue weighted by Crippen LogP contribution is -2.22. The Kier molecular flexibility index (Phi) is 6.08. The van der Waals surface area contributed by atoms with Crippen LogP contribution in [-0.4, -0.2) is 16.7 Å². The minimum absolute atomic E-state index is 0. The lowest BCUT2D eigenvalue weighted by atomic mass is 10.3. The van der Waals surface area contributed by atoms with Crippen molar-refractivity contribution >= 4 is 29.7 Å². The van der Waals surface area contributed by atoms with Gasteiger partial charge in [0.1, 0.15) is 0 Å². The standard InChI is InChI=1S/C12H15ClN4O.ClH/c1-2-17(10-5-3-4-9(13)6-10)8-11-15-12(7-14)18-16-11;/h3-6H,2,7-8,14H2,1H3;1H. The van der Waals surface area contributed by atoms with E-state index in [1.165, 1.54) is 0 Å². The summed E-state index contributed by atoms with van der Waals surface area (Å²) in [5.41, 5.74) is 6.46. The van der Waals surface area contributed by atoms with E-state index in [9.17, 15) is 0 Å². The van der Waals surface area contributed by atoms with Crippen LogP contribution in [0.25, 0.3) is 0 Å². The maximum atomic E-state index is 5.98. The van der Waals surface area contributed by atoms with Crippen molar-refractivity contribution in [2.75, 3.05) is 11.4 Å². The molecule has 0 amide bonds. The second-order valence-electron chi connectivity index (χ2n) is 3.80. The Balaban J connectivity index is 0.00000180. The molecule has 2 rings (SSSR count). The molecule has 1 aromatic carbocycles. The van der Waals surface area contributed by atoms with Gasteiger partial charge in [-0.2, -0.15) is 4.98 Å². The van der Waals surface area contributed by atoms with Crippen LogP contribution in [-0.2, 0) is 13.1 Å². The van der Waals surface area contributed by atoms with Crippen molar-refractivity contribution in [3.8, 4) is 0 Å². The zero-order valence-electron chi connectivity index (χ0n) is 10.5. The molecule has 5 nitrogen and oxygen atoms in total. The van der Waals surface area contributed by atoms with Crippen molar-refractivity contribution in [1.29, 1.82) is 0 Å². The molecule has 0 radical (unpaired) electrons. The van der Waals surface area contributed by atoms with E-state index in [1.807, 2.05) is 24.3 Å². The molecule has 0 aliphatic carbocycles. The Hall–Kier alpha value is -1.30. The number of anilines is 1. The maximum absolute atomic E-state index is 5.98. The molecule has 2 N–H and O–H groups in total. The fourth-order valence-electron chi connectivity index (χ4n) is 1.67. The van der Waals surface area contributed by atoms with Crippen LogP contribution < -0.4 is 10.6 Å². The number of hydrogen-bond acceptors (Lipinski definition) is 5. The topological polar surface area (TPSA) is 68.2 Å². The normalized spacial score (nSPS) is 10.1. The highest BCUT2D eigenvalue weighted by molar-refractivity contribution is 6.30.